The molecule has 0 unspecified atom stereocenters. The molecule has 0 radical (unpaired) electrons. The van der Waals surface area contributed by atoms with Crippen LogP contribution in [-0.2, 0) is 0 Å². The van der Waals surface area contributed by atoms with Gasteiger partial charge in [-0.25, -0.2) is 0 Å². The Morgan fingerprint density at radius 3 is 2.78 bits per heavy atom. The number of alkyl halides is 1. The van der Waals surface area contributed by atoms with Gasteiger partial charge in [-0.05, 0) is 0 Å². The van der Waals surface area contributed by atoms with Crippen molar-refractivity contribution in [2.75, 3.05) is 18.0 Å². The Labute approximate surface area is 68.2 Å². The second kappa shape index (κ2) is 6.55. The van der Waals surface area contributed by atoms with Gasteiger partial charge in [0.05, 0.1) is 0 Å². The Balaban J connectivity index is 3.06. The molecule has 56 valence electrons. The first kappa shape index (κ1) is 9.43. The first-order chi connectivity index (χ1) is 4.31. The van der Waals surface area contributed by atoms with Crippen molar-refractivity contribution in [1.82, 2.24) is 5.32 Å². The SMILES string of the molecule is C=C(CNC)[I-]CCC. The van der Waals surface area contributed by atoms with Crippen LogP contribution in [0.3, 0.4) is 0 Å². The van der Waals surface area contributed by atoms with Crippen LogP contribution in [0.5, 0.6) is 0 Å². The van der Waals surface area contributed by atoms with Gasteiger partial charge in [0.15, 0.2) is 0 Å². The molecule has 2 heteroatoms. The van der Waals surface area contributed by atoms with E-state index in [4.69, 9.17) is 0 Å². The van der Waals surface area contributed by atoms with E-state index in [2.05, 4.69) is 18.8 Å². The zero-order valence-electron chi connectivity index (χ0n) is 6.21. The average molecular weight is 240 g/mol. The van der Waals surface area contributed by atoms with Gasteiger partial charge in [-0.15, -0.1) is 0 Å². The summed E-state index contributed by atoms with van der Waals surface area (Å²) in [6.07, 6.45) is 1.32. The van der Waals surface area contributed by atoms with Gasteiger partial charge in [0.2, 0.25) is 0 Å². The molecular weight excluding hydrogens is 225 g/mol. The Morgan fingerprint density at radius 2 is 2.33 bits per heavy atom. The van der Waals surface area contributed by atoms with Crippen molar-refractivity contribution < 1.29 is 21.2 Å². The summed E-state index contributed by atoms with van der Waals surface area (Å²) < 4.78 is 2.82. The summed E-state index contributed by atoms with van der Waals surface area (Å²) in [5.41, 5.74) is 0. The number of hydrogen-bond acceptors (Lipinski definition) is 1. The maximum atomic E-state index is 3.97. The minimum absolute atomic E-state index is 0.299. The number of hydrogen-bond donors (Lipinski definition) is 1. The van der Waals surface area contributed by atoms with Gasteiger partial charge in [-0.3, -0.25) is 0 Å². The van der Waals surface area contributed by atoms with E-state index in [1.165, 1.54) is 14.4 Å². The molecule has 0 aromatic rings. The number of halogens is 1. The van der Waals surface area contributed by atoms with E-state index in [1.807, 2.05) is 7.05 Å². The summed E-state index contributed by atoms with van der Waals surface area (Å²) in [7, 11) is 1.97. The predicted octanol–water partition coefficient (Wildman–Crippen LogP) is -1.78. The molecule has 0 aliphatic heterocycles. The summed E-state index contributed by atoms with van der Waals surface area (Å²) >= 11 is 0.299. The number of rotatable bonds is 5. The molecule has 9 heavy (non-hydrogen) atoms. The van der Waals surface area contributed by atoms with Gasteiger partial charge in [0.1, 0.15) is 0 Å². The molecule has 0 spiro atoms. The zero-order chi connectivity index (χ0) is 7.11. The molecule has 1 nitrogen and oxygen atoms in total. The molecule has 0 bridgehead atoms. The Morgan fingerprint density at radius 1 is 1.67 bits per heavy atom. The van der Waals surface area contributed by atoms with E-state index in [-0.39, 0.29) is 0 Å². The van der Waals surface area contributed by atoms with Crippen molar-refractivity contribution in [3.05, 3.63) is 10.2 Å². The van der Waals surface area contributed by atoms with Crippen molar-refractivity contribution in [1.29, 1.82) is 0 Å². The van der Waals surface area contributed by atoms with Crippen LogP contribution in [0.15, 0.2) is 10.2 Å². The van der Waals surface area contributed by atoms with E-state index >= 15 is 0 Å². The van der Waals surface area contributed by atoms with Crippen LogP contribution in [0.1, 0.15) is 13.3 Å². The Hall–Kier alpha value is 0.430. The molecule has 0 rings (SSSR count). The summed E-state index contributed by atoms with van der Waals surface area (Å²) in [4.78, 5) is 0. The monoisotopic (exact) mass is 240 g/mol. The molecule has 0 aromatic carbocycles. The molecule has 0 aromatic heterocycles. The van der Waals surface area contributed by atoms with Crippen LogP contribution in [0.4, 0.5) is 0 Å². The van der Waals surface area contributed by atoms with Crippen molar-refractivity contribution >= 4 is 0 Å². The van der Waals surface area contributed by atoms with Crippen molar-refractivity contribution in [3.63, 3.8) is 0 Å². The summed E-state index contributed by atoms with van der Waals surface area (Å²) in [5.74, 6) is 0. The molecule has 1 N–H and O–H groups in total. The maximum absolute atomic E-state index is 3.97. The predicted molar refractivity (Wildman–Crippen MR) is 38.2 cm³/mol. The van der Waals surface area contributed by atoms with Gasteiger partial charge >= 0.3 is 68.0 Å². The molecule has 0 saturated carbocycles. The Bertz CT molecular complexity index is 81.0. The number of likely N-dealkylation sites (N-methyl/N-ethyl adjacent to an activating group) is 1. The standard InChI is InChI=1S/C7H15IN/c1-4-5-8-7(2)6-9-3/h9H,2,4-6H2,1,3H3/q-1. The topological polar surface area (TPSA) is 12.0 Å². The third-order valence-corrected chi connectivity index (χ3v) is 3.92. The fraction of sp³-hybridized carbons (Fsp3) is 0.714. The van der Waals surface area contributed by atoms with Gasteiger partial charge in [0.25, 0.3) is 0 Å². The van der Waals surface area contributed by atoms with Gasteiger partial charge in [-0.1, -0.05) is 0 Å². The summed E-state index contributed by atoms with van der Waals surface area (Å²) in [6, 6.07) is 0. The van der Waals surface area contributed by atoms with Gasteiger partial charge < -0.3 is 0 Å². The first-order valence-electron chi connectivity index (χ1n) is 3.22. The molecule has 0 heterocycles. The molecule has 0 aliphatic carbocycles. The van der Waals surface area contributed by atoms with Crippen LogP contribution >= 0.6 is 0 Å². The number of nitrogens with one attached hydrogen (secondary N) is 1. The second-order valence-electron chi connectivity index (χ2n) is 1.87. The van der Waals surface area contributed by atoms with Crippen LogP contribution in [0.2, 0.25) is 0 Å². The van der Waals surface area contributed by atoms with Crippen LogP contribution < -0.4 is 26.5 Å². The van der Waals surface area contributed by atoms with E-state index in [0.717, 1.165) is 6.54 Å². The average Bonchev–Trinajstić information content (AvgIpc) is 1.85. The van der Waals surface area contributed by atoms with Crippen molar-refractivity contribution in [3.8, 4) is 0 Å². The van der Waals surface area contributed by atoms with E-state index < -0.39 is 0 Å². The molecule has 0 amide bonds. The van der Waals surface area contributed by atoms with Gasteiger partial charge in [-0.2, -0.15) is 0 Å². The molecule has 0 saturated heterocycles. The van der Waals surface area contributed by atoms with Crippen LogP contribution in [0, 0.1) is 0 Å². The summed E-state index contributed by atoms with van der Waals surface area (Å²) in [5, 5.41) is 3.10. The van der Waals surface area contributed by atoms with E-state index in [1.54, 1.807) is 0 Å². The fourth-order valence-electron chi connectivity index (χ4n) is 0.467. The van der Waals surface area contributed by atoms with E-state index in [9.17, 15) is 0 Å². The zero-order valence-corrected chi connectivity index (χ0v) is 8.36. The van der Waals surface area contributed by atoms with Crippen molar-refractivity contribution in [2.45, 2.75) is 13.3 Å². The van der Waals surface area contributed by atoms with Crippen LogP contribution in [0.25, 0.3) is 0 Å². The normalized spacial score (nSPS) is 10.0. The second-order valence-corrected chi connectivity index (χ2v) is 5.24. The fourth-order valence-corrected chi connectivity index (χ4v) is 2.42. The molecule has 0 aliphatic rings. The Kier molecular flexibility index (Phi) is 6.86. The quantitative estimate of drug-likeness (QED) is 0.442. The summed E-state index contributed by atoms with van der Waals surface area (Å²) in [6.45, 7) is 7.22. The minimum atomic E-state index is 0.299. The van der Waals surface area contributed by atoms with Gasteiger partial charge in [0, 0.05) is 0 Å². The molecule has 0 atom stereocenters. The van der Waals surface area contributed by atoms with E-state index in [0.29, 0.717) is 21.2 Å². The molecule has 0 fully saturated rings. The third-order valence-electron chi connectivity index (χ3n) is 0.841. The third kappa shape index (κ3) is 6.31. The first-order valence-corrected chi connectivity index (χ1v) is 5.83. The molecular formula is C7H15IN-. The van der Waals surface area contributed by atoms with Crippen LogP contribution in [-0.4, -0.2) is 18.0 Å². The van der Waals surface area contributed by atoms with Crippen molar-refractivity contribution in [2.24, 2.45) is 0 Å².